The van der Waals surface area contributed by atoms with E-state index in [1.54, 1.807) is 4.90 Å². The van der Waals surface area contributed by atoms with Crippen molar-refractivity contribution in [2.75, 3.05) is 19.7 Å². The Hall–Kier alpha value is -2.57. The van der Waals surface area contributed by atoms with Gasteiger partial charge in [0.15, 0.2) is 5.78 Å². The van der Waals surface area contributed by atoms with Crippen LogP contribution in [0.25, 0.3) is 0 Å². The Balaban J connectivity index is 1.87. The van der Waals surface area contributed by atoms with E-state index in [0.717, 1.165) is 0 Å². The van der Waals surface area contributed by atoms with Gasteiger partial charge in [-0.15, -0.1) is 0 Å². The molecule has 152 valence electrons. The molecule has 0 atom stereocenters. The molecule has 1 saturated heterocycles. The maximum absolute atomic E-state index is 13.7. The van der Waals surface area contributed by atoms with Crippen LogP contribution in [0.4, 0.5) is 9.18 Å². The Kier molecular flexibility index (Phi) is 5.37. The Bertz CT molecular complexity index is 804. The molecule has 0 unspecified atom stereocenters. The van der Waals surface area contributed by atoms with Gasteiger partial charge >= 0.3 is 6.09 Å². The first-order chi connectivity index (χ1) is 13.1. The normalized spacial score (nSPS) is 20.0. The van der Waals surface area contributed by atoms with Gasteiger partial charge in [0.2, 0.25) is 0 Å². The average Bonchev–Trinajstić information content (AvgIpc) is 2.60. The van der Waals surface area contributed by atoms with E-state index in [0.29, 0.717) is 43.7 Å². The number of piperidine rings is 1. The third kappa shape index (κ3) is 3.98. The van der Waals surface area contributed by atoms with Crippen LogP contribution in [0.1, 0.15) is 50.9 Å². The Morgan fingerprint density at radius 3 is 2.61 bits per heavy atom. The van der Waals surface area contributed by atoms with Gasteiger partial charge in [-0.3, -0.25) is 4.79 Å². The SMILES string of the molecule is CCO/C=C1\C(=O)c2ccc(F)cc2OC12CCN(C(=O)OC(C)(C)C)CC2. The standard InChI is InChI=1S/C21H26FNO5/c1-5-26-13-16-18(24)15-7-6-14(22)12-17(15)27-21(16)8-10-23(11-9-21)19(25)28-20(2,3)4/h6-7,12-13H,5,8-11H2,1-4H3/b16-13+. The summed E-state index contributed by atoms with van der Waals surface area (Å²) in [5.74, 6) is -0.477. The van der Waals surface area contributed by atoms with Crippen LogP contribution in [0.2, 0.25) is 0 Å². The summed E-state index contributed by atoms with van der Waals surface area (Å²) in [7, 11) is 0. The smallest absolute Gasteiger partial charge is 0.410 e. The topological polar surface area (TPSA) is 65.1 Å². The van der Waals surface area contributed by atoms with Crippen molar-refractivity contribution < 1.29 is 28.2 Å². The van der Waals surface area contributed by atoms with E-state index >= 15 is 0 Å². The third-order valence-corrected chi connectivity index (χ3v) is 4.82. The van der Waals surface area contributed by atoms with Gasteiger partial charge in [-0.1, -0.05) is 0 Å². The summed E-state index contributed by atoms with van der Waals surface area (Å²) in [5.41, 5.74) is -0.823. The molecule has 0 N–H and O–H groups in total. The van der Waals surface area contributed by atoms with Crippen molar-refractivity contribution in [1.82, 2.24) is 4.90 Å². The fourth-order valence-electron chi connectivity index (χ4n) is 3.46. The first kappa shape index (κ1) is 20.2. The molecule has 2 heterocycles. The van der Waals surface area contributed by atoms with Gasteiger partial charge in [-0.05, 0) is 39.8 Å². The lowest BCUT2D eigenvalue weighted by Gasteiger charge is -2.45. The van der Waals surface area contributed by atoms with Gasteiger partial charge in [0.1, 0.15) is 22.8 Å². The number of carbonyl (C=O) groups is 2. The molecule has 2 aliphatic rings. The number of hydrogen-bond donors (Lipinski definition) is 0. The van der Waals surface area contributed by atoms with E-state index in [-0.39, 0.29) is 11.5 Å². The maximum atomic E-state index is 13.7. The number of rotatable bonds is 2. The largest absolute Gasteiger partial charge is 0.501 e. The van der Waals surface area contributed by atoms with Crippen LogP contribution >= 0.6 is 0 Å². The molecular weight excluding hydrogens is 365 g/mol. The quantitative estimate of drug-likeness (QED) is 0.561. The van der Waals surface area contributed by atoms with Crippen LogP contribution in [0.15, 0.2) is 30.0 Å². The highest BCUT2D eigenvalue weighted by Crippen LogP contribution is 2.43. The van der Waals surface area contributed by atoms with E-state index in [2.05, 4.69) is 0 Å². The predicted octanol–water partition coefficient (Wildman–Crippen LogP) is 4.09. The van der Waals surface area contributed by atoms with Gasteiger partial charge in [-0.25, -0.2) is 9.18 Å². The first-order valence-corrected chi connectivity index (χ1v) is 9.49. The zero-order chi connectivity index (χ0) is 20.5. The summed E-state index contributed by atoms with van der Waals surface area (Å²) >= 11 is 0. The monoisotopic (exact) mass is 391 g/mol. The number of amides is 1. The third-order valence-electron chi connectivity index (χ3n) is 4.82. The minimum absolute atomic E-state index is 0.226. The highest BCUT2D eigenvalue weighted by molar-refractivity contribution is 6.12. The molecule has 0 radical (unpaired) electrons. The number of halogens is 1. The van der Waals surface area contributed by atoms with Crippen molar-refractivity contribution in [3.63, 3.8) is 0 Å². The molecule has 0 saturated carbocycles. The first-order valence-electron chi connectivity index (χ1n) is 9.49. The number of fused-ring (bicyclic) bond motifs is 1. The van der Waals surface area contributed by atoms with Gasteiger partial charge < -0.3 is 19.1 Å². The number of benzene rings is 1. The van der Waals surface area contributed by atoms with Crippen molar-refractivity contribution in [3.05, 3.63) is 41.4 Å². The molecule has 1 fully saturated rings. The van der Waals surface area contributed by atoms with Crippen molar-refractivity contribution in [1.29, 1.82) is 0 Å². The summed E-state index contributed by atoms with van der Waals surface area (Å²) in [4.78, 5) is 27.0. The van der Waals surface area contributed by atoms with E-state index in [9.17, 15) is 14.0 Å². The van der Waals surface area contributed by atoms with Crippen LogP contribution in [0.5, 0.6) is 5.75 Å². The number of carbonyl (C=O) groups excluding carboxylic acids is 2. The Morgan fingerprint density at radius 2 is 2.00 bits per heavy atom. The Morgan fingerprint density at radius 1 is 1.32 bits per heavy atom. The maximum Gasteiger partial charge on any atom is 0.410 e. The van der Waals surface area contributed by atoms with Crippen LogP contribution in [-0.4, -0.2) is 47.7 Å². The second-order valence-electron chi connectivity index (χ2n) is 8.02. The summed E-state index contributed by atoms with van der Waals surface area (Å²) < 4.78 is 30.7. The Labute approximate surface area is 164 Å². The van der Waals surface area contributed by atoms with E-state index in [4.69, 9.17) is 14.2 Å². The lowest BCUT2D eigenvalue weighted by Crippen LogP contribution is -2.54. The second-order valence-corrected chi connectivity index (χ2v) is 8.02. The number of nitrogens with zero attached hydrogens (tertiary/aromatic N) is 1. The summed E-state index contributed by atoms with van der Waals surface area (Å²) in [6, 6.07) is 3.89. The van der Waals surface area contributed by atoms with Gasteiger partial charge in [0.25, 0.3) is 0 Å². The summed E-state index contributed by atoms with van der Waals surface area (Å²) in [5, 5.41) is 0. The molecule has 1 aromatic carbocycles. The number of hydrogen-bond acceptors (Lipinski definition) is 5. The zero-order valence-electron chi connectivity index (χ0n) is 16.7. The zero-order valence-corrected chi connectivity index (χ0v) is 16.7. The van der Waals surface area contributed by atoms with Crippen molar-refractivity contribution >= 4 is 11.9 Å². The number of ether oxygens (including phenoxy) is 3. The lowest BCUT2D eigenvalue weighted by molar-refractivity contribution is -0.00681. The molecule has 1 amide bonds. The number of ketones is 1. The minimum Gasteiger partial charge on any atom is -0.501 e. The van der Waals surface area contributed by atoms with Crippen LogP contribution in [-0.2, 0) is 9.47 Å². The average molecular weight is 391 g/mol. The van der Waals surface area contributed by atoms with Gasteiger partial charge in [0.05, 0.1) is 24.0 Å². The van der Waals surface area contributed by atoms with Gasteiger partial charge in [0, 0.05) is 32.0 Å². The fourth-order valence-corrected chi connectivity index (χ4v) is 3.46. The molecule has 28 heavy (non-hydrogen) atoms. The molecule has 0 aliphatic carbocycles. The van der Waals surface area contributed by atoms with Crippen LogP contribution in [0.3, 0.4) is 0 Å². The van der Waals surface area contributed by atoms with Crippen molar-refractivity contribution in [2.24, 2.45) is 0 Å². The number of likely N-dealkylation sites (tertiary alicyclic amines) is 1. The van der Waals surface area contributed by atoms with Crippen LogP contribution in [0, 0.1) is 5.82 Å². The summed E-state index contributed by atoms with van der Waals surface area (Å²) in [6.45, 7) is 8.39. The van der Waals surface area contributed by atoms with E-state index in [1.807, 2.05) is 27.7 Å². The molecule has 3 rings (SSSR count). The molecule has 1 aromatic rings. The molecule has 2 aliphatic heterocycles. The lowest BCUT2D eigenvalue weighted by atomic mass is 9.78. The van der Waals surface area contributed by atoms with Crippen molar-refractivity contribution in [2.45, 2.75) is 51.7 Å². The highest BCUT2D eigenvalue weighted by Gasteiger charge is 2.48. The van der Waals surface area contributed by atoms with Gasteiger partial charge in [-0.2, -0.15) is 0 Å². The molecule has 0 aromatic heterocycles. The van der Waals surface area contributed by atoms with E-state index < -0.39 is 23.1 Å². The van der Waals surface area contributed by atoms with Crippen LogP contribution < -0.4 is 4.74 Å². The minimum atomic E-state index is -0.953. The highest BCUT2D eigenvalue weighted by atomic mass is 19.1. The molecule has 7 heteroatoms. The van der Waals surface area contributed by atoms with Crippen molar-refractivity contribution in [3.8, 4) is 5.75 Å². The second kappa shape index (κ2) is 7.45. The predicted molar refractivity (Wildman–Crippen MR) is 101 cm³/mol. The molecule has 6 nitrogen and oxygen atoms in total. The molecule has 0 bridgehead atoms. The molecule has 1 spiro atoms. The number of Topliss-reactive ketones (excluding diaryl/α,β-unsaturated/α-hetero) is 1. The molecular formula is C21H26FNO5. The summed E-state index contributed by atoms with van der Waals surface area (Å²) in [6.07, 6.45) is 1.81. The fraction of sp³-hybridized carbons (Fsp3) is 0.524. The van der Waals surface area contributed by atoms with E-state index in [1.165, 1.54) is 24.5 Å².